The maximum Gasteiger partial charge on any atom is 0.238 e. The Morgan fingerprint density at radius 3 is 2.89 bits per heavy atom. The van der Waals surface area contributed by atoms with Crippen molar-refractivity contribution >= 4 is 17.5 Å². The second-order valence-electron chi connectivity index (χ2n) is 5.18. The lowest BCUT2D eigenvalue weighted by Gasteiger charge is -2.33. The molecule has 1 atom stereocenters. The van der Waals surface area contributed by atoms with Crippen LogP contribution in [0.4, 0.5) is 0 Å². The van der Waals surface area contributed by atoms with Crippen LogP contribution >= 0.6 is 11.6 Å². The molecule has 1 saturated heterocycles. The topological polar surface area (TPSA) is 32.3 Å². The third-order valence-corrected chi connectivity index (χ3v) is 4.16. The van der Waals surface area contributed by atoms with Gasteiger partial charge in [0.1, 0.15) is 6.17 Å². The Bertz CT molecular complexity index is 459. The zero-order valence-corrected chi connectivity index (χ0v) is 11.0. The summed E-state index contributed by atoms with van der Waals surface area (Å²) in [6.45, 7) is 1.31. The van der Waals surface area contributed by atoms with Crippen molar-refractivity contribution in [3.8, 4) is 0 Å². The zero-order chi connectivity index (χ0) is 12.5. The molecular weight excluding hydrogens is 248 g/mol. The van der Waals surface area contributed by atoms with Crippen molar-refractivity contribution in [2.24, 2.45) is 5.92 Å². The normalized spacial score (nSPS) is 24.4. The van der Waals surface area contributed by atoms with Gasteiger partial charge in [-0.1, -0.05) is 30.2 Å². The van der Waals surface area contributed by atoms with E-state index in [0.29, 0.717) is 12.5 Å². The van der Waals surface area contributed by atoms with E-state index in [-0.39, 0.29) is 12.1 Å². The maximum atomic E-state index is 11.9. The summed E-state index contributed by atoms with van der Waals surface area (Å²) in [5, 5.41) is 3.99. The number of carbonyl (C=O) groups excluding carboxylic acids is 1. The lowest BCUT2D eigenvalue weighted by Crippen LogP contribution is -2.36. The molecule has 1 saturated carbocycles. The van der Waals surface area contributed by atoms with E-state index in [1.54, 1.807) is 0 Å². The molecule has 0 aromatic heterocycles. The standard InChI is InChI=1S/C14H17ClN2O/c15-12-6-2-5-11(7-12)14-16-8-13(18)17(14)9-10-3-1-4-10/h2,5-7,10,14,16H,1,3-4,8-9H2. The van der Waals surface area contributed by atoms with Crippen molar-refractivity contribution in [1.82, 2.24) is 10.2 Å². The minimum Gasteiger partial charge on any atom is -0.322 e. The van der Waals surface area contributed by atoms with E-state index in [4.69, 9.17) is 11.6 Å². The summed E-state index contributed by atoms with van der Waals surface area (Å²) in [4.78, 5) is 13.9. The minimum absolute atomic E-state index is 0.00296. The summed E-state index contributed by atoms with van der Waals surface area (Å²) in [5.41, 5.74) is 1.08. The molecule has 0 radical (unpaired) electrons. The Hall–Kier alpha value is -1.06. The fraction of sp³-hybridized carbons (Fsp3) is 0.500. The van der Waals surface area contributed by atoms with Crippen LogP contribution in [0.25, 0.3) is 0 Å². The fourth-order valence-electron chi connectivity index (χ4n) is 2.67. The minimum atomic E-state index is -0.00296. The first-order chi connectivity index (χ1) is 8.74. The Morgan fingerprint density at radius 1 is 1.39 bits per heavy atom. The first-order valence-corrected chi connectivity index (χ1v) is 6.90. The SMILES string of the molecule is O=C1CNC(c2cccc(Cl)c2)N1CC1CCC1. The van der Waals surface area contributed by atoms with Gasteiger partial charge in [-0.3, -0.25) is 10.1 Å². The van der Waals surface area contributed by atoms with Crippen LogP contribution in [-0.4, -0.2) is 23.9 Å². The smallest absolute Gasteiger partial charge is 0.238 e. The number of benzene rings is 1. The fourth-order valence-corrected chi connectivity index (χ4v) is 2.87. The number of hydrogen-bond donors (Lipinski definition) is 1. The summed E-state index contributed by atoms with van der Waals surface area (Å²) in [5.74, 6) is 0.891. The summed E-state index contributed by atoms with van der Waals surface area (Å²) in [7, 11) is 0. The van der Waals surface area contributed by atoms with Crippen LogP contribution in [0, 0.1) is 5.92 Å². The van der Waals surface area contributed by atoms with Gasteiger partial charge in [-0.25, -0.2) is 0 Å². The van der Waals surface area contributed by atoms with Gasteiger partial charge in [0, 0.05) is 11.6 Å². The molecule has 96 valence electrons. The molecule has 1 aromatic carbocycles. The molecule has 1 unspecified atom stereocenters. The number of rotatable bonds is 3. The van der Waals surface area contributed by atoms with Crippen molar-refractivity contribution in [2.45, 2.75) is 25.4 Å². The molecule has 2 aliphatic rings. The highest BCUT2D eigenvalue weighted by Crippen LogP contribution is 2.31. The number of hydrogen-bond acceptors (Lipinski definition) is 2. The molecule has 1 N–H and O–H groups in total. The molecule has 4 heteroatoms. The molecule has 1 aliphatic carbocycles. The maximum absolute atomic E-state index is 11.9. The van der Waals surface area contributed by atoms with Gasteiger partial charge < -0.3 is 4.90 Å². The van der Waals surface area contributed by atoms with Crippen LogP contribution in [0.3, 0.4) is 0 Å². The van der Waals surface area contributed by atoms with Crippen molar-refractivity contribution in [3.63, 3.8) is 0 Å². The highest BCUT2D eigenvalue weighted by molar-refractivity contribution is 6.30. The quantitative estimate of drug-likeness (QED) is 0.910. The number of halogens is 1. The molecule has 1 amide bonds. The number of nitrogens with one attached hydrogen (secondary N) is 1. The van der Waals surface area contributed by atoms with Gasteiger partial charge in [0.25, 0.3) is 0 Å². The van der Waals surface area contributed by atoms with Crippen LogP contribution in [0.15, 0.2) is 24.3 Å². The van der Waals surface area contributed by atoms with Gasteiger partial charge >= 0.3 is 0 Å². The number of amides is 1. The Kier molecular flexibility index (Phi) is 3.27. The summed E-state index contributed by atoms with van der Waals surface area (Å²) < 4.78 is 0. The first kappa shape index (κ1) is 12.0. The summed E-state index contributed by atoms with van der Waals surface area (Å²) >= 11 is 6.02. The van der Waals surface area contributed by atoms with Gasteiger partial charge in [0.15, 0.2) is 0 Å². The van der Waals surface area contributed by atoms with Crippen molar-refractivity contribution in [1.29, 1.82) is 0 Å². The van der Waals surface area contributed by atoms with Crippen molar-refractivity contribution in [3.05, 3.63) is 34.9 Å². The summed E-state index contributed by atoms with van der Waals surface area (Å²) in [6, 6.07) is 7.75. The number of nitrogens with zero attached hydrogens (tertiary/aromatic N) is 1. The number of carbonyl (C=O) groups is 1. The van der Waals surface area contributed by atoms with Gasteiger partial charge in [0.05, 0.1) is 6.54 Å². The molecule has 18 heavy (non-hydrogen) atoms. The molecule has 1 aromatic rings. The lowest BCUT2D eigenvalue weighted by atomic mass is 9.85. The molecule has 0 spiro atoms. The molecule has 2 fully saturated rings. The highest BCUT2D eigenvalue weighted by Gasteiger charge is 2.34. The van der Waals surface area contributed by atoms with E-state index < -0.39 is 0 Å². The van der Waals surface area contributed by atoms with Crippen LogP contribution in [0.5, 0.6) is 0 Å². The lowest BCUT2D eigenvalue weighted by molar-refractivity contribution is -0.129. The molecule has 0 bridgehead atoms. The summed E-state index contributed by atoms with van der Waals surface area (Å²) in [6.07, 6.45) is 3.82. The second kappa shape index (κ2) is 4.90. The molecule has 1 heterocycles. The van der Waals surface area contributed by atoms with Gasteiger partial charge in [-0.15, -0.1) is 0 Å². The Morgan fingerprint density at radius 2 is 2.22 bits per heavy atom. The van der Waals surface area contributed by atoms with Crippen LogP contribution in [0.2, 0.25) is 5.02 Å². The molecule has 3 nitrogen and oxygen atoms in total. The third-order valence-electron chi connectivity index (χ3n) is 3.92. The largest absolute Gasteiger partial charge is 0.322 e. The van der Waals surface area contributed by atoms with Crippen LogP contribution in [-0.2, 0) is 4.79 Å². The van der Waals surface area contributed by atoms with E-state index in [2.05, 4.69) is 5.32 Å². The van der Waals surface area contributed by atoms with Crippen LogP contribution in [0.1, 0.15) is 31.0 Å². The van der Waals surface area contributed by atoms with E-state index in [0.717, 1.165) is 17.1 Å². The second-order valence-corrected chi connectivity index (χ2v) is 5.62. The predicted molar refractivity (Wildman–Crippen MR) is 71.2 cm³/mol. The molecule has 1 aliphatic heterocycles. The van der Waals surface area contributed by atoms with E-state index in [9.17, 15) is 4.79 Å². The predicted octanol–water partition coefficient (Wildman–Crippen LogP) is 2.57. The third kappa shape index (κ3) is 2.25. The monoisotopic (exact) mass is 264 g/mol. The first-order valence-electron chi connectivity index (χ1n) is 6.52. The zero-order valence-electron chi connectivity index (χ0n) is 10.2. The Balaban J connectivity index is 1.79. The molecule has 3 rings (SSSR count). The van der Waals surface area contributed by atoms with Crippen LogP contribution < -0.4 is 5.32 Å². The van der Waals surface area contributed by atoms with E-state index in [1.807, 2.05) is 29.2 Å². The van der Waals surface area contributed by atoms with E-state index in [1.165, 1.54) is 19.3 Å². The van der Waals surface area contributed by atoms with Gasteiger partial charge in [0.2, 0.25) is 5.91 Å². The molecular formula is C14H17ClN2O. The van der Waals surface area contributed by atoms with Gasteiger partial charge in [-0.2, -0.15) is 0 Å². The average molecular weight is 265 g/mol. The average Bonchev–Trinajstić information content (AvgIpc) is 2.65. The van der Waals surface area contributed by atoms with Crippen molar-refractivity contribution in [2.75, 3.05) is 13.1 Å². The van der Waals surface area contributed by atoms with Gasteiger partial charge in [-0.05, 0) is 36.5 Å². The van der Waals surface area contributed by atoms with Crippen molar-refractivity contribution < 1.29 is 4.79 Å². The van der Waals surface area contributed by atoms with E-state index >= 15 is 0 Å². The Labute approximate surface area is 112 Å². The highest BCUT2D eigenvalue weighted by atomic mass is 35.5.